The molecule has 1 aliphatic carbocycles. The van der Waals surface area contributed by atoms with Crippen LogP contribution in [0.3, 0.4) is 0 Å². The topological polar surface area (TPSA) is 103 Å². The summed E-state index contributed by atoms with van der Waals surface area (Å²) in [6.45, 7) is 0. The SMILES string of the molecule is COC1(c2noc([C@@H](N)Cc3cnc[nH]3)n2)CCCCC1. The summed E-state index contributed by atoms with van der Waals surface area (Å²) in [5.41, 5.74) is 6.67. The standard InChI is InChI=1S/C14H21N5O2/c1-20-14(5-3-2-4-6-14)13-18-12(21-19-13)11(15)7-10-8-16-9-17-10/h8-9,11H,2-7,15H2,1H3,(H,16,17)/t11-/m0/s1. The van der Waals surface area contributed by atoms with Gasteiger partial charge in [-0.25, -0.2) is 4.98 Å². The van der Waals surface area contributed by atoms with E-state index in [1.165, 1.54) is 6.42 Å². The van der Waals surface area contributed by atoms with Crippen LogP contribution in [-0.4, -0.2) is 27.2 Å². The Labute approximate surface area is 123 Å². The molecule has 3 N–H and O–H groups in total. The third-order valence-electron chi connectivity index (χ3n) is 4.21. The highest BCUT2D eigenvalue weighted by Crippen LogP contribution is 2.38. The highest BCUT2D eigenvalue weighted by atomic mass is 16.5. The van der Waals surface area contributed by atoms with Gasteiger partial charge in [0.15, 0.2) is 0 Å². The molecule has 7 nitrogen and oxygen atoms in total. The van der Waals surface area contributed by atoms with Crippen LogP contribution in [0.1, 0.15) is 55.6 Å². The van der Waals surface area contributed by atoms with E-state index in [1.54, 1.807) is 19.6 Å². The monoisotopic (exact) mass is 291 g/mol. The van der Waals surface area contributed by atoms with Gasteiger partial charge in [0.2, 0.25) is 11.7 Å². The van der Waals surface area contributed by atoms with E-state index in [2.05, 4.69) is 20.1 Å². The van der Waals surface area contributed by atoms with Crippen molar-refractivity contribution in [2.24, 2.45) is 5.73 Å². The summed E-state index contributed by atoms with van der Waals surface area (Å²) in [5.74, 6) is 1.07. The van der Waals surface area contributed by atoms with Crippen LogP contribution >= 0.6 is 0 Å². The Morgan fingerprint density at radius 2 is 2.24 bits per heavy atom. The minimum atomic E-state index is -0.409. The zero-order valence-electron chi connectivity index (χ0n) is 12.2. The Bertz CT molecular complexity index is 560. The van der Waals surface area contributed by atoms with Crippen molar-refractivity contribution in [2.45, 2.75) is 50.2 Å². The molecule has 0 unspecified atom stereocenters. The van der Waals surface area contributed by atoms with Gasteiger partial charge in [-0.15, -0.1) is 0 Å². The lowest BCUT2D eigenvalue weighted by Gasteiger charge is -2.32. The number of imidazole rings is 1. The van der Waals surface area contributed by atoms with Crippen molar-refractivity contribution in [3.8, 4) is 0 Å². The molecule has 0 amide bonds. The Morgan fingerprint density at radius 1 is 1.43 bits per heavy atom. The summed E-state index contributed by atoms with van der Waals surface area (Å²) in [6.07, 6.45) is 9.29. The van der Waals surface area contributed by atoms with Crippen LogP contribution in [0.5, 0.6) is 0 Å². The van der Waals surface area contributed by atoms with Crippen molar-refractivity contribution in [1.29, 1.82) is 0 Å². The Balaban J connectivity index is 1.75. The number of hydrogen-bond donors (Lipinski definition) is 2. The van der Waals surface area contributed by atoms with E-state index >= 15 is 0 Å². The fourth-order valence-corrected chi connectivity index (χ4v) is 2.93. The molecule has 2 heterocycles. The summed E-state index contributed by atoms with van der Waals surface area (Å²) < 4.78 is 11.1. The van der Waals surface area contributed by atoms with E-state index in [0.717, 1.165) is 31.4 Å². The molecular weight excluding hydrogens is 270 g/mol. The molecule has 21 heavy (non-hydrogen) atoms. The minimum absolute atomic E-state index is 0.343. The van der Waals surface area contributed by atoms with E-state index < -0.39 is 5.60 Å². The number of nitrogens with one attached hydrogen (secondary N) is 1. The van der Waals surface area contributed by atoms with E-state index in [0.29, 0.717) is 18.1 Å². The molecule has 7 heteroatoms. The van der Waals surface area contributed by atoms with Crippen molar-refractivity contribution >= 4 is 0 Å². The van der Waals surface area contributed by atoms with Crippen LogP contribution in [0.2, 0.25) is 0 Å². The summed E-state index contributed by atoms with van der Waals surface area (Å²) in [4.78, 5) is 11.5. The lowest BCUT2D eigenvalue weighted by molar-refractivity contribution is -0.0527. The lowest BCUT2D eigenvalue weighted by atomic mass is 9.84. The van der Waals surface area contributed by atoms with Gasteiger partial charge in [0.05, 0.1) is 12.4 Å². The Morgan fingerprint density at radius 3 is 2.90 bits per heavy atom. The Hall–Kier alpha value is -1.73. The number of hydrogen-bond acceptors (Lipinski definition) is 6. The van der Waals surface area contributed by atoms with Crippen molar-refractivity contribution in [3.05, 3.63) is 29.9 Å². The van der Waals surface area contributed by atoms with Crippen LogP contribution in [0.4, 0.5) is 0 Å². The number of nitrogens with two attached hydrogens (primary N) is 1. The predicted molar refractivity (Wildman–Crippen MR) is 75.3 cm³/mol. The molecule has 0 spiro atoms. The first-order chi connectivity index (χ1) is 10.2. The quantitative estimate of drug-likeness (QED) is 0.871. The normalized spacial score (nSPS) is 19.5. The zero-order chi connectivity index (χ0) is 14.7. The van der Waals surface area contributed by atoms with Crippen LogP contribution in [-0.2, 0) is 16.8 Å². The average Bonchev–Trinajstić information content (AvgIpc) is 3.19. The van der Waals surface area contributed by atoms with Gasteiger partial charge in [-0.2, -0.15) is 4.98 Å². The number of aromatic amines is 1. The number of methoxy groups -OCH3 is 1. The first kappa shape index (κ1) is 14.2. The molecule has 0 aromatic carbocycles. The van der Waals surface area contributed by atoms with Crippen molar-refractivity contribution in [3.63, 3.8) is 0 Å². The second-order valence-electron chi connectivity index (χ2n) is 5.60. The molecule has 0 radical (unpaired) electrons. The summed E-state index contributed by atoms with van der Waals surface area (Å²) in [5, 5.41) is 4.12. The molecular formula is C14H21N5O2. The van der Waals surface area contributed by atoms with Crippen LogP contribution in [0, 0.1) is 0 Å². The molecule has 1 saturated carbocycles. The van der Waals surface area contributed by atoms with E-state index in [1.807, 2.05) is 0 Å². The third kappa shape index (κ3) is 2.84. The minimum Gasteiger partial charge on any atom is -0.370 e. The van der Waals surface area contributed by atoms with Gasteiger partial charge < -0.3 is 20.0 Å². The first-order valence-corrected chi connectivity index (χ1v) is 7.35. The third-order valence-corrected chi connectivity index (χ3v) is 4.21. The average molecular weight is 291 g/mol. The highest BCUT2D eigenvalue weighted by Gasteiger charge is 2.38. The number of ether oxygens (including phenoxy) is 1. The fraction of sp³-hybridized carbons (Fsp3) is 0.643. The van der Waals surface area contributed by atoms with Gasteiger partial charge >= 0.3 is 0 Å². The van der Waals surface area contributed by atoms with Gasteiger partial charge in [-0.1, -0.05) is 24.4 Å². The summed E-state index contributed by atoms with van der Waals surface area (Å²) >= 11 is 0. The van der Waals surface area contributed by atoms with E-state index in [9.17, 15) is 0 Å². The zero-order valence-corrected chi connectivity index (χ0v) is 12.2. The lowest BCUT2D eigenvalue weighted by Crippen LogP contribution is -2.32. The molecule has 0 saturated heterocycles. The number of nitrogens with zero attached hydrogens (tertiary/aromatic N) is 3. The van der Waals surface area contributed by atoms with Crippen molar-refractivity contribution < 1.29 is 9.26 Å². The molecule has 0 aliphatic heterocycles. The van der Waals surface area contributed by atoms with Crippen LogP contribution in [0.15, 0.2) is 17.0 Å². The fourth-order valence-electron chi connectivity index (χ4n) is 2.93. The molecule has 2 aromatic heterocycles. The molecule has 2 aromatic rings. The second-order valence-corrected chi connectivity index (χ2v) is 5.60. The first-order valence-electron chi connectivity index (χ1n) is 7.35. The van der Waals surface area contributed by atoms with Gasteiger partial charge in [0.1, 0.15) is 5.60 Å². The second kappa shape index (κ2) is 5.95. The highest BCUT2D eigenvalue weighted by molar-refractivity contribution is 5.07. The number of rotatable bonds is 5. The maximum absolute atomic E-state index is 6.13. The van der Waals surface area contributed by atoms with Gasteiger partial charge in [0, 0.05) is 25.4 Å². The number of H-pyrrole nitrogens is 1. The maximum atomic E-state index is 6.13. The molecule has 1 atom stereocenters. The molecule has 1 fully saturated rings. The van der Waals surface area contributed by atoms with Crippen molar-refractivity contribution in [2.75, 3.05) is 7.11 Å². The Kier molecular flexibility index (Phi) is 4.03. The predicted octanol–water partition coefficient (Wildman–Crippen LogP) is 1.84. The molecule has 1 aliphatic rings. The van der Waals surface area contributed by atoms with E-state index in [-0.39, 0.29) is 6.04 Å². The maximum Gasteiger partial charge on any atom is 0.244 e. The molecule has 0 bridgehead atoms. The summed E-state index contributed by atoms with van der Waals surface area (Å²) in [7, 11) is 1.71. The number of aromatic nitrogens is 4. The van der Waals surface area contributed by atoms with Gasteiger partial charge in [-0.3, -0.25) is 0 Å². The summed E-state index contributed by atoms with van der Waals surface area (Å²) in [6, 6.07) is -0.343. The smallest absolute Gasteiger partial charge is 0.244 e. The largest absolute Gasteiger partial charge is 0.370 e. The molecule has 114 valence electrons. The van der Waals surface area contributed by atoms with Gasteiger partial charge in [-0.05, 0) is 12.8 Å². The van der Waals surface area contributed by atoms with Crippen molar-refractivity contribution in [1.82, 2.24) is 20.1 Å². The van der Waals surface area contributed by atoms with Crippen LogP contribution in [0.25, 0.3) is 0 Å². The molecule has 3 rings (SSSR count). The van der Waals surface area contributed by atoms with Crippen LogP contribution < -0.4 is 5.73 Å². The van der Waals surface area contributed by atoms with E-state index in [4.69, 9.17) is 15.0 Å². The van der Waals surface area contributed by atoms with Gasteiger partial charge in [0.25, 0.3) is 0 Å².